The van der Waals surface area contributed by atoms with Crippen LogP contribution < -0.4 is 0 Å². The summed E-state index contributed by atoms with van der Waals surface area (Å²) >= 11 is 0. The molecule has 0 unspecified atom stereocenters. The lowest BCUT2D eigenvalue weighted by Gasteiger charge is -2.54. The first-order chi connectivity index (χ1) is 9.66. The van der Waals surface area contributed by atoms with Crippen molar-refractivity contribution in [3.8, 4) is 0 Å². The van der Waals surface area contributed by atoms with E-state index >= 15 is 0 Å². The van der Waals surface area contributed by atoms with Gasteiger partial charge in [0.15, 0.2) is 0 Å². The maximum absolute atomic E-state index is 12.2. The van der Waals surface area contributed by atoms with Gasteiger partial charge in [0.05, 0.1) is 0 Å². The SMILES string of the molecule is C=C1C[C@]2(CCCC(=O)C(C)(C)C)CC[C@H]1C[C@H]2C(=C)C. The monoisotopic (exact) mass is 288 g/mol. The zero-order chi connectivity index (χ0) is 15.8. The van der Waals surface area contributed by atoms with Crippen molar-refractivity contribution >= 4 is 5.78 Å². The summed E-state index contributed by atoms with van der Waals surface area (Å²) in [5.41, 5.74) is 2.96. The van der Waals surface area contributed by atoms with Crippen molar-refractivity contribution < 1.29 is 4.79 Å². The van der Waals surface area contributed by atoms with Gasteiger partial charge in [-0.05, 0) is 62.7 Å². The third-order valence-electron chi connectivity index (χ3n) is 5.92. The molecule has 0 radical (unpaired) electrons. The van der Waals surface area contributed by atoms with Crippen molar-refractivity contribution in [1.29, 1.82) is 0 Å². The predicted octanol–water partition coefficient (Wildman–Crippen LogP) is 5.71. The third kappa shape index (κ3) is 3.33. The van der Waals surface area contributed by atoms with Gasteiger partial charge < -0.3 is 0 Å². The summed E-state index contributed by atoms with van der Waals surface area (Å²) in [5.74, 6) is 1.77. The van der Waals surface area contributed by atoms with E-state index in [4.69, 9.17) is 0 Å². The lowest BCUT2D eigenvalue weighted by Crippen LogP contribution is -2.43. The fourth-order valence-corrected chi connectivity index (χ4v) is 4.55. The largest absolute Gasteiger partial charge is 0.299 e. The standard InChI is InChI=1S/C20H32O/c1-14(2)17-12-16-9-11-20(17,13-15(16)3)10-7-8-18(21)19(4,5)6/h16-17H,1,3,7-13H2,2,4-6H3/t16-,17-,20-/m0/s1. The highest BCUT2D eigenvalue weighted by Gasteiger charge is 2.48. The lowest BCUT2D eigenvalue weighted by molar-refractivity contribution is -0.126. The van der Waals surface area contributed by atoms with E-state index < -0.39 is 0 Å². The molecule has 0 spiro atoms. The Morgan fingerprint density at radius 1 is 1.38 bits per heavy atom. The van der Waals surface area contributed by atoms with E-state index in [9.17, 15) is 4.79 Å². The first kappa shape index (κ1) is 16.5. The number of fused-ring (bicyclic) bond motifs is 3. The van der Waals surface area contributed by atoms with Gasteiger partial charge in [0.1, 0.15) is 5.78 Å². The molecule has 118 valence electrons. The molecule has 0 N–H and O–H groups in total. The Labute approximate surface area is 130 Å². The van der Waals surface area contributed by atoms with E-state index in [0.29, 0.717) is 17.1 Å². The topological polar surface area (TPSA) is 17.1 Å². The number of rotatable bonds is 5. The second kappa shape index (κ2) is 5.74. The molecule has 3 atom stereocenters. The summed E-state index contributed by atoms with van der Waals surface area (Å²) in [6.45, 7) is 16.8. The van der Waals surface area contributed by atoms with Gasteiger partial charge in [-0.25, -0.2) is 0 Å². The van der Waals surface area contributed by atoms with Crippen LogP contribution in [0.15, 0.2) is 24.3 Å². The van der Waals surface area contributed by atoms with Gasteiger partial charge in [0.25, 0.3) is 0 Å². The minimum atomic E-state index is -0.195. The maximum Gasteiger partial charge on any atom is 0.138 e. The molecule has 0 heterocycles. The van der Waals surface area contributed by atoms with Crippen molar-refractivity contribution in [3.05, 3.63) is 24.3 Å². The molecule has 1 nitrogen and oxygen atoms in total. The van der Waals surface area contributed by atoms with Crippen LogP contribution in [0.25, 0.3) is 0 Å². The average molecular weight is 288 g/mol. The molecule has 3 aliphatic carbocycles. The van der Waals surface area contributed by atoms with Crippen LogP contribution >= 0.6 is 0 Å². The molecule has 3 saturated carbocycles. The Hall–Kier alpha value is -0.850. The van der Waals surface area contributed by atoms with E-state index in [1.807, 2.05) is 20.8 Å². The van der Waals surface area contributed by atoms with Gasteiger partial charge in [0, 0.05) is 11.8 Å². The average Bonchev–Trinajstić information content (AvgIpc) is 2.37. The molecule has 0 saturated heterocycles. The smallest absolute Gasteiger partial charge is 0.138 e. The molecule has 0 aromatic rings. The maximum atomic E-state index is 12.2. The van der Waals surface area contributed by atoms with Gasteiger partial charge in [-0.2, -0.15) is 0 Å². The van der Waals surface area contributed by atoms with E-state index in [2.05, 4.69) is 20.1 Å². The third-order valence-corrected chi connectivity index (χ3v) is 5.92. The Bertz CT molecular complexity index is 451. The highest BCUT2D eigenvalue weighted by Crippen LogP contribution is 2.59. The second-order valence-corrected chi connectivity index (χ2v) is 8.59. The highest BCUT2D eigenvalue weighted by atomic mass is 16.1. The van der Waals surface area contributed by atoms with Crippen molar-refractivity contribution in [1.82, 2.24) is 0 Å². The summed E-state index contributed by atoms with van der Waals surface area (Å²) < 4.78 is 0. The second-order valence-electron chi connectivity index (χ2n) is 8.59. The van der Waals surface area contributed by atoms with Gasteiger partial charge in [-0.1, -0.05) is 45.1 Å². The molecule has 0 aromatic heterocycles. The summed E-state index contributed by atoms with van der Waals surface area (Å²) in [5, 5.41) is 0. The molecular formula is C20H32O. The molecule has 1 heteroatoms. The zero-order valence-corrected chi connectivity index (χ0v) is 14.4. The number of ketones is 1. The molecule has 0 aromatic carbocycles. The molecule has 0 amide bonds. The van der Waals surface area contributed by atoms with Crippen LogP contribution in [-0.4, -0.2) is 5.78 Å². The van der Waals surface area contributed by atoms with E-state index in [0.717, 1.165) is 25.2 Å². The van der Waals surface area contributed by atoms with Crippen molar-refractivity contribution in [2.24, 2.45) is 22.7 Å². The molecule has 0 aliphatic heterocycles. The fraction of sp³-hybridized carbons (Fsp3) is 0.750. The summed E-state index contributed by atoms with van der Waals surface area (Å²) in [6.07, 6.45) is 7.94. The van der Waals surface area contributed by atoms with E-state index in [1.165, 1.54) is 36.8 Å². The van der Waals surface area contributed by atoms with E-state index in [1.54, 1.807) is 0 Å². The minimum Gasteiger partial charge on any atom is -0.299 e. The Morgan fingerprint density at radius 2 is 2.05 bits per heavy atom. The highest BCUT2D eigenvalue weighted by molar-refractivity contribution is 5.83. The number of carbonyl (C=O) groups excluding carboxylic acids is 1. The Morgan fingerprint density at radius 3 is 2.57 bits per heavy atom. The number of hydrogen-bond donors (Lipinski definition) is 0. The summed E-state index contributed by atoms with van der Waals surface area (Å²) in [6, 6.07) is 0. The van der Waals surface area contributed by atoms with Gasteiger partial charge in [-0.15, -0.1) is 0 Å². The van der Waals surface area contributed by atoms with Crippen LogP contribution in [-0.2, 0) is 4.79 Å². The van der Waals surface area contributed by atoms with Crippen LogP contribution in [0.4, 0.5) is 0 Å². The number of Topliss-reactive ketones (excluding diaryl/α,β-unsaturated/α-hetero) is 1. The number of hydrogen-bond acceptors (Lipinski definition) is 1. The molecule has 3 fully saturated rings. The van der Waals surface area contributed by atoms with Gasteiger partial charge in [-0.3, -0.25) is 4.79 Å². The van der Waals surface area contributed by atoms with Crippen LogP contribution in [0.1, 0.15) is 72.6 Å². The molecular weight excluding hydrogens is 256 g/mol. The van der Waals surface area contributed by atoms with Crippen LogP contribution in [0.3, 0.4) is 0 Å². The van der Waals surface area contributed by atoms with Crippen LogP contribution in [0.2, 0.25) is 0 Å². The zero-order valence-electron chi connectivity index (χ0n) is 14.4. The number of carbonyl (C=O) groups is 1. The Kier molecular flexibility index (Phi) is 4.52. The fourth-order valence-electron chi connectivity index (χ4n) is 4.55. The molecule has 21 heavy (non-hydrogen) atoms. The van der Waals surface area contributed by atoms with E-state index in [-0.39, 0.29) is 5.41 Å². The van der Waals surface area contributed by atoms with Crippen LogP contribution in [0, 0.1) is 22.7 Å². The van der Waals surface area contributed by atoms with Crippen molar-refractivity contribution in [2.75, 3.05) is 0 Å². The minimum absolute atomic E-state index is 0.195. The quantitative estimate of drug-likeness (QED) is 0.592. The first-order valence-electron chi connectivity index (χ1n) is 8.52. The lowest BCUT2D eigenvalue weighted by atomic mass is 9.51. The Balaban J connectivity index is 2.02. The predicted molar refractivity (Wildman–Crippen MR) is 90.1 cm³/mol. The van der Waals surface area contributed by atoms with Crippen molar-refractivity contribution in [2.45, 2.75) is 72.6 Å². The number of allylic oxidation sites excluding steroid dienone is 2. The normalized spacial score (nSPS) is 32.3. The molecule has 2 bridgehead atoms. The van der Waals surface area contributed by atoms with Gasteiger partial charge >= 0.3 is 0 Å². The summed E-state index contributed by atoms with van der Waals surface area (Å²) in [7, 11) is 0. The molecule has 3 aliphatic rings. The molecule has 3 rings (SSSR count). The first-order valence-corrected chi connectivity index (χ1v) is 8.52. The van der Waals surface area contributed by atoms with Gasteiger partial charge in [0.2, 0.25) is 0 Å². The van der Waals surface area contributed by atoms with Crippen LogP contribution in [0.5, 0.6) is 0 Å². The summed E-state index contributed by atoms with van der Waals surface area (Å²) in [4.78, 5) is 12.2. The van der Waals surface area contributed by atoms with Crippen molar-refractivity contribution in [3.63, 3.8) is 0 Å².